The number of imidazole rings is 1. The Morgan fingerprint density at radius 2 is 1.97 bits per heavy atom. The fourth-order valence-corrected chi connectivity index (χ4v) is 4.62. The standard InChI is InChI=1S/C21H18FN3O2S2/c1-26-18-7-6-14(10-19(18)27-2)20-24-16(12-28-20)13-29-21-23-8-9-25(21)17-5-3-4-15(22)11-17/h3-12H,13H2,1-2H3. The highest BCUT2D eigenvalue weighted by molar-refractivity contribution is 7.98. The highest BCUT2D eigenvalue weighted by Gasteiger charge is 2.12. The summed E-state index contributed by atoms with van der Waals surface area (Å²) in [7, 11) is 3.23. The molecule has 0 bridgehead atoms. The molecule has 0 atom stereocenters. The van der Waals surface area contributed by atoms with Crippen LogP contribution >= 0.6 is 23.1 Å². The molecule has 0 radical (unpaired) electrons. The van der Waals surface area contributed by atoms with E-state index in [0.29, 0.717) is 17.3 Å². The lowest BCUT2D eigenvalue weighted by atomic mass is 10.2. The predicted molar refractivity (Wildman–Crippen MR) is 114 cm³/mol. The fourth-order valence-electron chi connectivity index (χ4n) is 2.83. The third-order valence-electron chi connectivity index (χ3n) is 4.22. The van der Waals surface area contributed by atoms with Crippen LogP contribution in [0.1, 0.15) is 5.69 Å². The van der Waals surface area contributed by atoms with Crippen LogP contribution in [0, 0.1) is 5.82 Å². The van der Waals surface area contributed by atoms with Crippen molar-refractivity contribution in [3.8, 4) is 27.8 Å². The average molecular weight is 428 g/mol. The lowest BCUT2D eigenvalue weighted by Gasteiger charge is -2.08. The van der Waals surface area contributed by atoms with Gasteiger partial charge in [-0.25, -0.2) is 14.4 Å². The molecule has 2 heterocycles. The maximum Gasteiger partial charge on any atom is 0.172 e. The van der Waals surface area contributed by atoms with Gasteiger partial charge in [0.25, 0.3) is 0 Å². The van der Waals surface area contributed by atoms with E-state index >= 15 is 0 Å². The molecule has 0 amide bonds. The smallest absolute Gasteiger partial charge is 0.172 e. The van der Waals surface area contributed by atoms with E-state index in [1.54, 1.807) is 49.6 Å². The Morgan fingerprint density at radius 1 is 1.10 bits per heavy atom. The molecule has 0 spiro atoms. The van der Waals surface area contributed by atoms with Crippen LogP contribution in [0.3, 0.4) is 0 Å². The molecule has 0 aliphatic carbocycles. The summed E-state index contributed by atoms with van der Waals surface area (Å²) in [6.07, 6.45) is 3.54. The van der Waals surface area contributed by atoms with Crippen molar-refractivity contribution < 1.29 is 13.9 Å². The summed E-state index contributed by atoms with van der Waals surface area (Å²) in [4.78, 5) is 9.12. The molecule has 8 heteroatoms. The second-order valence-electron chi connectivity index (χ2n) is 6.06. The zero-order valence-corrected chi connectivity index (χ0v) is 17.5. The van der Waals surface area contributed by atoms with Crippen LogP contribution in [-0.4, -0.2) is 28.8 Å². The summed E-state index contributed by atoms with van der Waals surface area (Å²) < 4.78 is 26.1. The molecule has 0 saturated heterocycles. The second kappa shape index (κ2) is 8.67. The Balaban J connectivity index is 1.49. The van der Waals surface area contributed by atoms with E-state index in [-0.39, 0.29) is 5.82 Å². The van der Waals surface area contributed by atoms with E-state index in [2.05, 4.69) is 4.98 Å². The van der Waals surface area contributed by atoms with E-state index in [4.69, 9.17) is 14.5 Å². The van der Waals surface area contributed by atoms with E-state index in [1.807, 2.05) is 40.4 Å². The fraction of sp³-hybridized carbons (Fsp3) is 0.143. The zero-order chi connectivity index (χ0) is 20.2. The zero-order valence-electron chi connectivity index (χ0n) is 15.8. The molecule has 5 nitrogen and oxygen atoms in total. The number of nitrogens with zero attached hydrogens (tertiary/aromatic N) is 3. The molecular formula is C21H18FN3O2S2. The molecule has 2 aromatic carbocycles. The third-order valence-corrected chi connectivity index (χ3v) is 6.17. The summed E-state index contributed by atoms with van der Waals surface area (Å²) in [5, 5.41) is 3.74. The quantitative estimate of drug-likeness (QED) is 0.367. The van der Waals surface area contributed by atoms with Gasteiger partial charge >= 0.3 is 0 Å². The van der Waals surface area contributed by atoms with Crippen LogP contribution < -0.4 is 9.47 Å². The topological polar surface area (TPSA) is 49.2 Å². The van der Waals surface area contributed by atoms with E-state index < -0.39 is 0 Å². The number of ether oxygens (including phenoxy) is 2. The van der Waals surface area contributed by atoms with Crippen molar-refractivity contribution in [2.45, 2.75) is 10.9 Å². The van der Waals surface area contributed by atoms with E-state index in [9.17, 15) is 4.39 Å². The predicted octanol–water partition coefficient (Wildman–Crippen LogP) is 5.44. The van der Waals surface area contributed by atoms with Crippen molar-refractivity contribution in [2.75, 3.05) is 14.2 Å². The Kier molecular flexibility index (Phi) is 5.82. The number of hydrogen-bond acceptors (Lipinski definition) is 6. The Hall–Kier alpha value is -2.84. The van der Waals surface area contributed by atoms with Gasteiger partial charge in [0.1, 0.15) is 10.8 Å². The minimum atomic E-state index is -0.272. The number of thioether (sulfide) groups is 1. The van der Waals surface area contributed by atoms with Gasteiger partial charge in [0.15, 0.2) is 16.7 Å². The van der Waals surface area contributed by atoms with Crippen LogP contribution in [0.5, 0.6) is 11.5 Å². The number of rotatable bonds is 7. The first-order chi connectivity index (χ1) is 14.2. The molecule has 29 heavy (non-hydrogen) atoms. The first-order valence-corrected chi connectivity index (χ1v) is 10.6. The molecule has 4 aromatic rings. The second-order valence-corrected chi connectivity index (χ2v) is 7.86. The van der Waals surface area contributed by atoms with Crippen LogP contribution in [0.25, 0.3) is 16.3 Å². The molecule has 0 N–H and O–H groups in total. The van der Waals surface area contributed by atoms with Crippen molar-refractivity contribution in [3.05, 3.63) is 71.7 Å². The number of benzene rings is 2. The number of methoxy groups -OCH3 is 2. The van der Waals surface area contributed by atoms with Crippen molar-refractivity contribution >= 4 is 23.1 Å². The number of hydrogen-bond donors (Lipinski definition) is 0. The lowest BCUT2D eigenvalue weighted by Crippen LogP contribution is -1.96. The van der Waals surface area contributed by atoms with Gasteiger partial charge in [0.2, 0.25) is 0 Å². The van der Waals surface area contributed by atoms with E-state index in [1.165, 1.54) is 12.1 Å². The van der Waals surface area contributed by atoms with Crippen molar-refractivity contribution in [1.29, 1.82) is 0 Å². The van der Waals surface area contributed by atoms with Crippen molar-refractivity contribution in [3.63, 3.8) is 0 Å². The summed E-state index contributed by atoms with van der Waals surface area (Å²) in [6.45, 7) is 0. The van der Waals surface area contributed by atoms with Gasteiger partial charge in [-0.3, -0.25) is 4.57 Å². The molecule has 148 valence electrons. The molecule has 4 rings (SSSR count). The summed E-state index contributed by atoms with van der Waals surface area (Å²) >= 11 is 3.14. The third kappa shape index (κ3) is 4.28. The first-order valence-electron chi connectivity index (χ1n) is 8.77. The minimum Gasteiger partial charge on any atom is -0.493 e. The van der Waals surface area contributed by atoms with Gasteiger partial charge in [0, 0.05) is 29.1 Å². The highest BCUT2D eigenvalue weighted by Crippen LogP contribution is 2.34. The highest BCUT2D eigenvalue weighted by atomic mass is 32.2. The number of halogens is 1. The van der Waals surface area contributed by atoms with Crippen LogP contribution in [0.4, 0.5) is 4.39 Å². The Bertz CT molecular complexity index is 1130. The maximum atomic E-state index is 13.5. The lowest BCUT2D eigenvalue weighted by molar-refractivity contribution is 0.355. The Labute approximate surface area is 176 Å². The largest absolute Gasteiger partial charge is 0.493 e. The molecule has 0 saturated carbocycles. The molecule has 2 aromatic heterocycles. The van der Waals surface area contributed by atoms with Crippen molar-refractivity contribution in [1.82, 2.24) is 14.5 Å². The van der Waals surface area contributed by atoms with Gasteiger partial charge in [-0.15, -0.1) is 11.3 Å². The maximum absolute atomic E-state index is 13.5. The average Bonchev–Trinajstić information content (AvgIpc) is 3.41. The number of aromatic nitrogens is 3. The summed E-state index contributed by atoms with van der Waals surface area (Å²) in [5.74, 6) is 1.75. The molecule has 0 aliphatic rings. The molecule has 0 aliphatic heterocycles. The number of thiazole rings is 1. The van der Waals surface area contributed by atoms with Gasteiger partial charge < -0.3 is 9.47 Å². The van der Waals surface area contributed by atoms with Gasteiger partial charge in [-0.2, -0.15) is 0 Å². The summed E-state index contributed by atoms with van der Waals surface area (Å²) in [6, 6.07) is 12.2. The van der Waals surface area contributed by atoms with Gasteiger partial charge in [-0.1, -0.05) is 17.8 Å². The minimum absolute atomic E-state index is 0.272. The normalized spacial score (nSPS) is 10.9. The van der Waals surface area contributed by atoms with Gasteiger partial charge in [0.05, 0.1) is 25.6 Å². The molecule has 0 fully saturated rings. The monoisotopic (exact) mass is 427 g/mol. The molecular weight excluding hydrogens is 409 g/mol. The van der Waals surface area contributed by atoms with Crippen LogP contribution in [0.2, 0.25) is 0 Å². The Morgan fingerprint density at radius 3 is 2.76 bits per heavy atom. The van der Waals surface area contributed by atoms with Gasteiger partial charge in [-0.05, 0) is 36.4 Å². The first kappa shape index (κ1) is 19.5. The van der Waals surface area contributed by atoms with Crippen molar-refractivity contribution in [2.24, 2.45) is 0 Å². The van der Waals surface area contributed by atoms with Crippen LogP contribution in [-0.2, 0) is 5.75 Å². The SMILES string of the molecule is COc1ccc(-c2nc(CSc3nccn3-c3cccc(F)c3)cs2)cc1OC. The molecule has 0 unspecified atom stereocenters. The summed E-state index contributed by atoms with van der Waals surface area (Å²) in [5.41, 5.74) is 2.68. The van der Waals surface area contributed by atoms with E-state index in [0.717, 1.165) is 27.1 Å². The van der Waals surface area contributed by atoms with Crippen LogP contribution in [0.15, 0.2) is 65.4 Å².